The number of pyridine rings is 1. The Morgan fingerprint density at radius 2 is 1.47 bits per heavy atom. The van der Waals surface area contributed by atoms with Crippen molar-refractivity contribution >= 4 is 5.69 Å². The van der Waals surface area contributed by atoms with E-state index in [2.05, 4.69) is 35.5 Å². The fourth-order valence-electron chi connectivity index (χ4n) is 0.917. The van der Waals surface area contributed by atoms with E-state index in [9.17, 15) is 0 Å². The molecule has 0 spiro atoms. The van der Waals surface area contributed by atoms with Crippen LogP contribution in [0, 0.1) is 0 Å². The Morgan fingerprint density at radius 3 is 1.71 bits per heavy atom. The second-order valence-electron chi connectivity index (χ2n) is 2.88. The zero-order valence-corrected chi connectivity index (χ0v) is 11.9. The van der Waals surface area contributed by atoms with Crippen LogP contribution >= 0.6 is 0 Å². The number of hydrogen-bond donors (Lipinski definition) is 1. The van der Waals surface area contributed by atoms with E-state index in [0.29, 0.717) is 0 Å². The summed E-state index contributed by atoms with van der Waals surface area (Å²) < 4.78 is 0. The quantitative estimate of drug-likeness (QED) is 0.810. The Labute approximate surface area is 114 Å². The zero-order valence-electron chi connectivity index (χ0n) is 10.3. The van der Waals surface area contributed by atoms with Gasteiger partial charge in [0, 0.05) is 25.1 Å². The third kappa shape index (κ3) is 11.1. The molecular weight excluding hydrogens is 299 g/mol. The average molecular weight is 318 g/mol. The maximum Gasteiger partial charge on any atom is 0.0267 e. The van der Waals surface area contributed by atoms with Crippen molar-refractivity contribution in [2.24, 2.45) is 0 Å². The van der Waals surface area contributed by atoms with Gasteiger partial charge >= 0.3 is 30.2 Å². The molecule has 0 aliphatic carbocycles. The number of hydrogen-bond acceptors (Lipinski definition) is 2. The van der Waals surface area contributed by atoms with Gasteiger partial charge in [-0.05, 0) is 24.3 Å². The molecule has 1 aromatic heterocycles. The molecule has 0 fully saturated rings. The van der Waals surface area contributed by atoms with Crippen molar-refractivity contribution in [3.8, 4) is 0 Å². The van der Waals surface area contributed by atoms with Crippen LogP contribution in [0.5, 0.6) is 0 Å². The fraction of sp³-hybridized carbons (Fsp3) is 0.214. The van der Waals surface area contributed by atoms with Crippen molar-refractivity contribution < 1.29 is 18.3 Å². The van der Waals surface area contributed by atoms with Crippen molar-refractivity contribution in [1.82, 2.24) is 4.98 Å². The molecule has 94 valence electrons. The van der Waals surface area contributed by atoms with Gasteiger partial charge in [-0.25, -0.2) is 0 Å². The van der Waals surface area contributed by atoms with Gasteiger partial charge in [-0.1, -0.05) is 24.3 Å². The molecular formula is C14H19N2Rh. The first kappa shape index (κ1) is 15.8. The monoisotopic (exact) mass is 318 g/mol. The van der Waals surface area contributed by atoms with Crippen molar-refractivity contribution in [2.75, 3.05) is 12.4 Å². The van der Waals surface area contributed by atoms with E-state index in [0.717, 1.165) is 10.7 Å². The Morgan fingerprint density at radius 1 is 1.00 bits per heavy atom. The molecule has 2 nitrogen and oxygen atoms in total. The van der Waals surface area contributed by atoms with Crippen LogP contribution in [0.2, 0.25) is 5.02 Å². The summed E-state index contributed by atoms with van der Waals surface area (Å²) in [5.74, 6) is 0. The Bertz CT molecular complexity index is 311. The fourth-order valence-corrected chi connectivity index (χ4v) is 0.917. The number of rotatable bonds is 1. The number of anilines is 1. The van der Waals surface area contributed by atoms with E-state index in [-0.39, 0.29) is 0 Å². The Balaban J connectivity index is 0.000000252. The predicted molar refractivity (Wildman–Crippen MR) is 70.7 cm³/mol. The molecule has 1 heterocycles. The molecule has 0 bridgehead atoms. The number of aromatic nitrogens is 1. The topological polar surface area (TPSA) is 24.9 Å². The summed E-state index contributed by atoms with van der Waals surface area (Å²) in [4.78, 5) is 3.78. The molecule has 0 atom stereocenters. The molecule has 1 N–H and O–H groups in total. The van der Waals surface area contributed by atoms with E-state index >= 15 is 0 Å². The van der Waals surface area contributed by atoms with Crippen LogP contribution < -0.4 is 5.32 Å². The third-order valence-electron chi connectivity index (χ3n) is 1.63. The zero-order chi connectivity index (χ0) is 12.8. The molecule has 0 unspecified atom stereocenters. The molecule has 17 heavy (non-hydrogen) atoms. The first-order chi connectivity index (χ1) is 8.35. The second kappa shape index (κ2) is 12.9. The second-order valence-corrected chi connectivity index (χ2v) is 4.04. The number of para-hydroxylation sites is 1. The maximum atomic E-state index is 3.78. The van der Waals surface area contributed by atoms with Gasteiger partial charge in [0.1, 0.15) is 0 Å². The number of nitrogens with one attached hydrogen (secondary N) is 1. The van der Waals surface area contributed by atoms with Crippen LogP contribution in [-0.2, 0) is 18.3 Å². The van der Waals surface area contributed by atoms with Gasteiger partial charge in [0.15, 0.2) is 0 Å². The standard InChI is InChI=1S/C7H9N.C5H5N.C2H5.Rh/c1-8-7-5-3-2-4-6-7;1-2-4-6-5-3-1;1-2;/h2-6,8H,1H3;1-5H;1H2,2H3;. The van der Waals surface area contributed by atoms with Gasteiger partial charge in [0.25, 0.3) is 0 Å². The van der Waals surface area contributed by atoms with Crippen molar-refractivity contribution in [3.63, 3.8) is 0 Å². The van der Waals surface area contributed by atoms with E-state index in [1.165, 1.54) is 0 Å². The molecule has 0 radical (unpaired) electrons. The van der Waals surface area contributed by atoms with Crippen molar-refractivity contribution in [1.29, 1.82) is 0 Å². The van der Waals surface area contributed by atoms with Gasteiger partial charge in [-0.15, -0.1) is 0 Å². The third-order valence-corrected chi connectivity index (χ3v) is 1.63. The maximum absolute atomic E-state index is 3.78. The average Bonchev–Trinajstić information content (AvgIpc) is 2.43. The molecule has 1 aromatic carbocycles. The van der Waals surface area contributed by atoms with Gasteiger partial charge in [0.05, 0.1) is 0 Å². The first-order valence-electron chi connectivity index (χ1n) is 5.45. The largest absolute Gasteiger partial charge is 0.265 e. The number of nitrogens with zero attached hydrogens (tertiary/aromatic N) is 1. The minimum atomic E-state index is 1.14. The molecule has 3 heteroatoms. The summed E-state index contributed by atoms with van der Waals surface area (Å²) in [5.41, 5.74) is 1.16. The predicted octanol–water partition coefficient (Wildman–Crippen LogP) is 3.78. The van der Waals surface area contributed by atoms with Crippen LogP contribution in [0.15, 0.2) is 60.9 Å². The van der Waals surface area contributed by atoms with Gasteiger partial charge < -0.3 is 5.32 Å². The summed E-state index contributed by atoms with van der Waals surface area (Å²) in [6, 6.07) is 15.8. The molecule has 0 aliphatic heterocycles. The number of benzene rings is 1. The van der Waals surface area contributed by atoms with Crippen molar-refractivity contribution in [2.45, 2.75) is 11.9 Å². The summed E-state index contributed by atoms with van der Waals surface area (Å²) in [6.45, 7) is 2.08. The summed E-state index contributed by atoms with van der Waals surface area (Å²) in [5, 5.41) is 4.17. The molecule has 2 aromatic rings. The molecule has 0 amide bonds. The SMILES string of the molecule is CNc1ccccc1.C[CH2][Rh].c1ccncc1. The summed E-state index contributed by atoms with van der Waals surface area (Å²) >= 11 is 2.72. The summed E-state index contributed by atoms with van der Waals surface area (Å²) in [7, 11) is 1.91. The van der Waals surface area contributed by atoms with Crippen LogP contribution in [0.4, 0.5) is 5.69 Å². The van der Waals surface area contributed by atoms with Crippen LogP contribution in [0.1, 0.15) is 6.92 Å². The minimum absolute atomic E-state index is 1.14. The van der Waals surface area contributed by atoms with E-state index in [1.54, 1.807) is 12.4 Å². The Kier molecular flexibility index (Phi) is 11.9. The molecule has 0 saturated heterocycles. The van der Waals surface area contributed by atoms with E-state index < -0.39 is 0 Å². The van der Waals surface area contributed by atoms with Crippen LogP contribution in [0.25, 0.3) is 0 Å². The molecule has 2 rings (SSSR count). The normalized spacial score (nSPS) is 8.00. The van der Waals surface area contributed by atoms with Crippen LogP contribution in [0.3, 0.4) is 0 Å². The van der Waals surface area contributed by atoms with Gasteiger partial charge in [0.2, 0.25) is 0 Å². The minimum Gasteiger partial charge on any atom is -0.265 e. The molecule has 0 saturated carbocycles. The van der Waals surface area contributed by atoms with E-state index in [4.69, 9.17) is 0 Å². The summed E-state index contributed by atoms with van der Waals surface area (Å²) in [6.07, 6.45) is 3.50. The smallest absolute Gasteiger partial charge is 0.0267 e. The molecule has 0 aliphatic rings. The van der Waals surface area contributed by atoms with Crippen molar-refractivity contribution in [3.05, 3.63) is 60.9 Å². The van der Waals surface area contributed by atoms with E-state index in [1.807, 2.05) is 55.6 Å². The van der Waals surface area contributed by atoms with Gasteiger partial charge in [-0.2, -0.15) is 0 Å². The first-order valence-corrected chi connectivity index (χ1v) is 6.61. The Hall–Kier alpha value is -1.21. The van der Waals surface area contributed by atoms with Crippen LogP contribution in [-0.4, -0.2) is 12.0 Å². The van der Waals surface area contributed by atoms with Gasteiger partial charge in [-0.3, -0.25) is 4.98 Å².